The summed E-state index contributed by atoms with van der Waals surface area (Å²) in [6, 6.07) is 5.22. The molecule has 4 rings (SSSR count). The van der Waals surface area contributed by atoms with Crippen LogP contribution in [-0.2, 0) is 6.42 Å². The molecule has 1 atom stereocenters. The zero-order chi connectivity index (χ0) is 26.6. The van der Waals surface area contributed by atoms with Gasteiger partial charge in [-0.25, -0.2) is 9.59 Å². The first-order valence-corrected chi connectivity index (χ1v) is 13.9. The van der Waals surface area contributed by atoms with Crippen LogP contribution in [0.15, 0.2) is 18.2 Å². The van der Waals surface area contributed by atoms with Crippen LogP contribution in [0.1, 0.15) is 83.6 Å². The minimum absolute atomic E-state index is 0.00809. The normalized spacial score (nSPS) is 22.7. The zero-order valence-electron chi connectivity index (χ0n) is 22.9. The maximum Gasteiger partial charge on any atom is 0.343 e. The Labute approximate surface area is 221 Å². The molecule has 3 aliphatic rings. The van der Waals surface area contributed by atoms with Gasteiger partial charge in [-0.1, -0.05) is 44.6 Å². The van der Waals surface area contributed by atoms with Gasteiger partial charge in [0.2, 0.25) is 0 Å². The molecule has 37 heavy (non-hydrogen) atoms. The molecule has 2 aliphatic carbocycles. The molecule has 9 heteroatoms. The summed E-state index contributed by atoms with van der Waals surface area (Å²) in [7, 11) is 3.21. The summed E-state index contributed by atoms with van der Waals surface area (Å²) >= 11 is 0. The number of nitrogens with one attached hydrogen (secondary N) is 1. The standard InChI is InChI=1S/C28H44N4O5/c1-28(2)25(32(35)26(33)29-21-11-7-5-8-12-21)31(22-13-9-6-10-14-22)27(34)30(28)18-17-20-15-16-23(36-3)24(19-20)37-4/h15-16,19,21-22,25,35H,5-14,17-18H2,1-4H3,(H,29,33)/t25-/m1/s1. The van der Waals surface area contributed by atoms with E-state index in [1.54, 1.807) is 19.1 Å². The molecule has 0 radical (unpaired) electrons. The van der Waals surface area contributed by atoms with Gasteiger partial charge in [-0.2, -0.15) is 5.06 Å². The second kappa shape index (κ2) is 11.8. The third kappa shape index (κ3) is 5.76. The SMILES string of the molecule is COc1ccc(CCN2C(=O)N(C3CCCCC3)[C@H](N(O)C(=O)NC3CCCCC3)C2(C)C)cc1OC. The second-order valence-corrected chi connectivity index (χ2v) is 11.2. The largest absolute Gasteiger partial charge is 0.493 e. The Bertz CT molecular complexity index is 943. The highest BCUT2D eigenvalue weighted by Crippen LogP contribution is 2.39. The molecule has 2 saturated carbocycles. The average molecular weight is 517 g/mol. The minimum atomic E-state index is -0.788. The lowest BCUT2D eigenvalue weighted by Gasteiger charge is -2.42. The summed E-state index contributed by atoms with van der Waals surface area (Å²) in [5, 5.41) is 15.1. The highest BCUT2D eigenvalue weighted by atomic mass is 16.5. The van der Waals surface area contributed by atoms with Gasteiger partial charge < -0.3 is 19.7 Å². The van der Waals surface area contributed by atoms with E-state index in [1.807, 2.05) is 36.9 Å². The number of urea groups is 2. The Morgan fingerprint density at radius 3 is 2.27 bits per heavy atom. The second-order valence-electron chi connectivity index (χ2n) is 11.2. The summed E-state index contributed by atoms with van der Waals surface area (Å²) in [4.78, 5) is 30.8. The van der Waals surface area contributed by atoms with Crippen LogP contribution in [0.4, 0.5) is 9.59 Å². The number of carbonyl (C=O) groups is 2. The molecule has 0 spiro atoms. The van der Waals surface area contributed by atoms with Crippen molar-refractivity contribution in [1.29, 1.82) is 0 Å². The maximum absolute atomic E-state index is 13.9. The van der Waals surface area contributed by atoms with E-state index in [1.165, 1.54) is 6.42 Å². The summed E-state index contributed by atoms with van der Waals surface area (Å²) in [6.07, 6.45) is 10.1. The Kier molecular flexibility index (Phi) is 8.72. The molecule has 1 aliphatic heterocycles. The van der Waals surface area contributed by atoms with E-state index in [2.05, 4.69) is 5.32 Å². The fourth-order valence-electron chi connectivity index (χ4n) is 6.36. The molecular formula is C28H44N4O5. The minimum Gasteiger partial charge on any atom is -0.493 e. The predicted octanol–water partition coefficient (Wildman–Crippen LogP) is 5.15. The van der Waals surface area contributed by atoms with Crippen LogP contribution >= 0.6 is 0 Å². The van der Waals surface area contributed by atoms with Crippen molar-refractivity contribution in [2.75, 3.05) is 20.8 Å². The van der Waals surface area contributed by atoms with Crippen LogP contribution in [0, 0.1) is 0 Å². The number of benzene rings is 1. The number of hydroxylamine groups is 2. The summed E-state index contributed by atoms with van der Waals surface area (Å²) < 4.78 is 10.8. The summed E-state index contributed by atoms with van der Waals surface area (Å²) in [5.41, 5.74) is 0.230. The van der Waals surface area contributed by atoms with Crippen LogP contribution in [-0.4, -0.2) is 76.7 Å². The first-order chi connectivity index (χ1) is 17.8. The quantitative estimate of drug-likeness (QED) is 0.368. The van der Waals surface area contributed by atoms with E-state index in [-0.39, 0.29) is 18.1 Å². The topological polar surface area (TPSA) is 94.6 Å². The van der Waals surface area contributed by atoms with Crippen molar-refractivity contribution in [3.05, 3.63) is 23.8 Å². The van der Waals surface area contributed by atoms with Crippen molar-refractivity contribution in [3.63, 3.8) is 0 Å². The van der Waals surface area contributed by atoms with Gasteiger partial charge in [0.15, 0.2) is 17.7 Å². The number of methoxy groups -OCH3 is 2. The van der Waals surface area contributed by atoms with Crippen LogP contribution in [0.3, 0.4) is 0 Å². The van der Waals surface area contributed by atoms with E-state index in [0.717, 1.165) is 68.4 Å². The third-order valence-electron chi connectivity index (χ3n) is 8.46. The number of rotatable bonds is 8. The van der Waals surface area contributed by atoms with E-state index >= 15 is 0 Å². The number of amides is 4. The van der Waals surface area contributed by atoms with Crippen molar-refractivity contribution in [2.24, 2.45) is 0 Å². The monoisotopic (exact) mass is 516 g/mol. The van der Waals surface area contributed by atoms with Gasteiger partial charge in [0.05, 0.1) is 19.8 Å². The Hall–Kier alpha value is -2.68. The summed E-state index contributed by atoms with van der Waals surface area (Å²) in [6.45, 7) is 4.35. The molecule has 1 aromatic rings. The van der Waals surface area contributed by atoms with Gasteiger partial charge in [0, 0.05) is 18.6 Å². The third-order valence-corrected chi connectivity index (χ3v) is 8.46. The van der Waals surface area contributed by atoms with E-state index in [4.69, 9.17) is 9.47 Å². The van der Waals surface area contributed by atoms with Gasteiger partial charge in [0.1, 0.15) is 0 Å². The lowest BCUT2D eigenvalue weighted by atomic mass is 9.92. The van der Waals surface area contributed by atoms with Gasteiger partial charge in [-0.3, -0.25) is 10.1 Å². The Balaban J connectivity index is 1.55. The van der Waals surface area contributed by atoms with Gasteiger partial charge in [-0.05, 0) is 63.6 Å². The lowest BCUT2D eigenvalue weighted by Crippen LogP contribution is -2.61. The lowest BCUT2D eigenvalue weighted by molar-refractivity contribution is -0.141. The maximum atomic E-state index is 13.9. The number of hydrogen-bond donors (Lipinski definition) is 2. The van der Waals surface area contributed by atoms with E-state index in [0.29, 0.717) is 24.5 Å². The Morgan fingerprint density at radius 2 is 1.65 bits per heavy atom. The van der Waals surface area contributed by atoms with Crippen molar-refractivity contribution >= 4 is 12.1 Å². The molecule has 1 saturated heterocycles. The highest BCUT2D eigenvalue weighted by molar-refractivity contribution is 5.81. The average Bonchev–Trinajstić information content (AvgIpc) is 3.11. The Morgan fingerprint density at radius 1 is 1.03 bits per heavy atom. The summed E-state index contributed by atoms with van der Waals surface area (Å²) in [5.74, 6) is 1.31. The van der Waals surface area contributed by atoms with E-state index < -0.39 is 17.7 Å². The number of ether oxygens (including phenoxy) is 2. The molecule has 1 aromatic carbocycles. The fraction of sp³-hybridized carbons (Fsp3) is 0.714. The number of nitrogens with zero attached hydrogens (tertiary/aromatic N) is 3. The van der Waals surface area contributed by atoms with Gasteiger partial charge in [0.25, 0.3) is 0 Å². The van der Waals surface area contributed by atoms with Gasteiger partial charge in [-0.15, -0.1) is 0 Å². The molecule has 4 amide bonds. The molecule has 206 valence electrons. The van der Waals surface area contributed by atoms with E-state index in [9.17, 15) is 14.8 Å². The molecule has 2 N–H and O–H groups in total. The van der Waals surface area contributed by atoms with Crippen LogP contribution in [0.5, 0.6) is 11.5 Å². The smallest absolute Gasteiger partial charge is 0.343 e. The van der Waals surface area contributed by atoms with Crippen LogP contribution < -0.4 is 14.8 Å². The van der Waals surface area contributed by atoms with Crippen LogP contribution in [0.2, 0.25) is 0 Å². The molecule has 1 heterocycles. The molecule has 0 unspecified atom stereocenters. The molecule has 0 bridgehead atoms. The highest BCUT2D eigenvalue weighted by Gasteiger charge is 2.57. The predicted molar refractivity (Wildman–Crippen MR) is 141 cm³/mol. The number of carbonyl (C=O) groups excluding carboxylic acids is 2. The molecular weight excluding hydrogens is 472 g/mol. The first-order valence-electron chi connectivity index (χ1n) is 13.9. The van der Waals surface area contributed by atoms with Crippen molar-refractivity contribution < 1.29 is 24.3 Å². The van der Waals surface area contributed by atoms with Crippen molar-refractivity contribution in [1.82, 2.24) is 20.2 Å². The molecule has 0 aromatic heterocycles. The fourth-order valence-corrected chi connectivity index (χ4v) is 6.36. The van der Waals surface area contributed by atoms with Crippen molar-refractivity contribution in [3.8, 4) is 11.5 Å². The number of hydrogen-bond acceptors (Lipinski definition) is 5. The van der Waals surface area contributed by atoms with Crippen molar-refractivity contribution in [2.45, 2.75) is 108 Å². The first kappa shape index (κ1) is 27.4. The zero-order valence-corrected chi connectivity index (χ0v) is 22.9. The molecule has 3 fully saturated rings. The molecule has 9 nitrogen and oxygen atoms in total. The van der Waals surface area contributed by atoms with Gasteiger partial charge >= 0.3 is 12.1 Å². The van der Waals surface area contributed by atoms with Crippen LogP contribution in [0.25, 0.3) is 0 Å².